The molecule has 45 heavy (non-hydrogen) atoms. The van der Waals surface area contributed by atoms with Crippen LogP contribution in [0.4, 0.5) is 0 Å². The summed E-state index contributed by atoms with van der Waals surface area (Å²) < 4.78 is 0. The summed E-state index contributed by atoms with van der Waals surface area (Å²) >= 11 is 0. The van der Waals surface area contributed by atoms with Gasteiger partial charge in [0.2, 0.25) is 17.7 Å². The molecule has 0 aromatic rings. The zero-order valence-electron chi connectivity index (χ0n) is 32.7. The van der Waals surface area contributed by atoms with Crippen LogP contribution in [0.25, 0.3) is 0 Å². The Balaban J connectivity index is -0.000000589. The van der Waals surface area contributed by atoms with Gasteiger partial charge in [-0.1, -0.05) is 73.6 Å². The molecule has 3 N–H and O–H groups in total. The molecule has 3 unspecified atom stereocenters. The number of carbonyl (C=O) groups excluding carboxylic acids is 3. The maximum Gasteiger partial charge on any atom is 0.224 e. The van der Waals surface area contributed by atoms with Crippen LogP contribution in [-0.4, -0.2) is 34.3 Å². The first-order valence-corrected chi connectivity index (χ1v) is 16.7. The normalized spacial score (nSPS) is 14.3. The van der Waals surface area contributed by atoms with Crippen LogP contribution >= 0.6 is 0 Å². The van der Waals surface area contributed by atoms with E-state index in [0.717, 1.165) is 25.7 Å². The molecule has 3 atom stereocenters. The van der Waals surface area contributed by atoms with E-state index < -0.39 is 0 Å². The number of rotatable bonds is 11. The van der Waals surface area contributed by atoms with Gasteiger partial charge >= 0.3 is 0 Å². The fourth-order valence-corrected chi connectivity index (χ4v) is 4.50. The van der Waals surface area contributed by atoms with Crippen LogP contribution in [-0.2, 0) is 14.4 Å². The van der Waals surface area contributed by atoms with E-state index in [4.69, 9.17) is 0 Å². The Labute approximate surface area is 280 Å². The molecule has 3 amide bonds. The molecule has 6 nitrogen and oxygen atoms in total. The third kappa shape index (κ3) is 27.6. The van der Waals surface area contributed by atoms with E-state index in [0.29, 0.717) is 5.92 Å². The van der Waals surface area contributed by atoms with Crippen LogP contribution in [0.5, 0.6) is 0 Å². The van der Waals surface area contributed by atoms with E-state index in [1.54, 1.807) is 0 Å². The van der Waals surface area contributed by atoms with E-state index in [1.165, 1.54) is 0 Å². The lowest BCUT2D eigenvalue weighted by Crippen LogP contribution is -2.46. The second-order valence-corrected chi connectivity index (χ2v) is 18.0. The molecule has 0 aliphatic carbocycles. The SMILES string of the molecule is C=CCC(C(=O)NC(C)(C)C)C(C)(C)C.C=CCC(C(=O)NC(C)(C)C)C(C)C.C=CCC(CC(C)(C)C)C(=O)NC(C)(C)C. The van der Waals surface area contributed by atoms with Crippen LogP contribution in [0.15, 0.2) is 38.0 Å². The minimum Gasteiger partial charge on any atom is -0.351 e. The van der Waals surface area contributed by atoms with Gasteiger partial charge in [-0.05, 0) is 105 Å². The summed E-state index contributed by atoms with van der Waals surface area (Å²) in [6.45, 7) is 46.0. The first-order chi connectivity index (χ1) is 19.9. The lowest BCUT2D eigenvalue weighted by atomic mass is 9.78. The fraction of sp³-hybridized carbons (Fsp3) is 0.769. The van der Waals surface area contributed by atoms with Crippen molar-refractivity contribution < 1.29 is 14.4 Å². The number of hydrogen-bond acceptors (Lipinski definition) is 3. The molecule has 0 heterocycles. The third-order valence-electron chi connectivity index (χ3n) is 6.50. The highest BCUT2D eigenvalue weighted by Crippen LogP contribution is 2.30. The Kier molecular flexibility index (Phi) is 20.9. The predicted molar refractivity (Wildman–Crippen MR) is 197 cm³/mol. The first kappa shape index (κ1) is 47.0. The van der Waals surface area contributed by atoms with Crippen molar-refractivity contribution in [3.8, 4) is 0 Å². The molecule has 0 aromatic carbocycles. The van der Waals surface area contributed by atoms with Gasteiger partial charge in [-0.25, -0.2) is 0 Å². The molecule has 0 bridgehead atoms. The van der Waals surface area contributed by atoms with Crippen molar-refractivity contribution in [2.75, 3.05) is 0 Å². The number of amides is 3. The largest absolute Gasteiger partial charge is 0.351 e. The predicted octanol–water partition coefficient (Wildman–Crippen LogP) is 9.42. The molecule has 0 aliphatic rings. The van der Waals surface area contributed by atoms with Gasteiger partial charge in [-0.3, -0.25) is 14.4 Å². The van der Waals surface area contributed by atoms with Gasteiger partial charge in [0.1, 0.15) is 0 Å². The molecule has 0 spiro atoms. The second-order valence-electron chi connectivity index (χ2n) is 18.0. The van der Waals surface area contributed by atoms with Crippen molar-refractivity contribution in [1.82, 2.24) is 16.0 Å². The van der Waals surface area contributed by atoms with Crippen molar-refractivity contribution >= 4 is 17.7 Å². The van der Waals surface area contributed by atoms with E-state index >= 15 is 0 Å². The lowest BCUT2D eigenvalue weighted by Gasteiger charge is -2.32. The number of carbonyl (C=O) groups is 3. The Morgan fingerprint density at radius 3 is 1.20 bits per heavy atom. The third-order valence-corrected chi connectivity index (χ3v) is 6.50. The van der Waals surface area contributed by atoms with Crippen molar-refractivity contribution in [2.24, 2.45) is 34.5 Å². The Bertz CT molecular complexity index is 914. The average molecular weight is 634 g/mol. The van der Waals surface area contributed by atoms with E-state index in [9.17, 15) is 14.4 Å². The van der Waals surface area contributed by atoms with Crippen LogP contribution in [0.2, 0.25) is 0 Å². The zero-order valence-corrected chi connectivity index (χ0v) is 32.7. The number of nitrogens with one attached hydrogen (secondary N) is 3. The zero-order chi connectivity index (χ0) is 36.6. The lowest BCUT2D eigenvalue weighted by molar-refractivity contribution is -0.130. The maximum absolute atomic E-state index is 12.1. The van der Waals surface area contributed by atoms with Crippen LogP contribution in [0.1, 0.15) is 143 Å². The molecule has 0 saturated carbocycles. The smallest absolute Gasteiger partial charge is 0.224 e. The molecule has 6 heteroatoms. The Morgan fingerprint density at radius 1 is 0.556 bits per heavy atom. The quantitative estimate of drug-likeness (QED) is 0.198. The molecular formula is C39H75N3O3. The highest BCUT2D eigenvalue weighted by molar-refractivity contribution is 5.80. The summed E-state index contributed by atoms with van der Waals surface area (Å²) in [5.74, 6) is 0.831. The van der Waals surface area contributed by atoms with Gasteiger partial charge in [0.15, 0.2) is 0 Å². The maximum atomic E-state index is 12.1. The Hall–Kier alpha value is -2.37. The topological polar surface area (TPSA) is 87.3 Å². The summed E-state index contributed by atoms with van der Waals surface area (Å²) in [6.07, 6.45) is 8.58. The molecule has 264 valence electrons. The van der Waals surface area contributed by atoms with Gasteiger partial charge in [-0.2, -0.15) is 0 Å². The van der Waals surface area contributed by atoms with Gasteiger partial charge in [0.25, 0.3) is 0 Å². The van der Waals surface area contributed by atoms with Gasteiger partial charge in [-0.15, -0.1) is 19.7 Å². The standard InChI is InChI=1S/C14H27NO.C13H25NO.C12H23NO/c1-8-9-11(10-13(2,3)4)12(16)15-14(5,6)7;1-8-9-10(12(2,3)4)11(15)14-13(5,6)7;1-7-8-10(9(2)3)11(14)13-12(4,5)6/h8,11H,1,9-10H2,2-7H3,(H,15,16);8,10H,1,9H2,2-7H3,(H,14,15);7,9-10H,1,8H2,2-6H3,(H,13,14). The van der Waals surface area contributed by atoms with E-state index in [2.05, 4.69) is 91.1 Å². The van der Waals surface area contributed by atoms with Gasteiger partial charge in [0, 0.05) is 34.4 Å². The molecule has 0 radical (unpaired) electrons. The highest BCUT2D eigenvalue weighted by Gasteiger charge is 2.32. The van der Waals surface area contributed by atoms with Crippen molar-refractivity contribution in [1.29, 1.82) is 0 Å². The minimum atomic E-state index is -0.165. The summed E-state index contributed by atoms with van der Waals surface area (Å²) in [5.41, 5.74) is -0.325. The van der Waals surface area contributed by atoms with Gasteiger partial charge in [0.05, 0.1) is 0 Å². The van der Waals surface area contributed by atoms with Crippen molar-refractivity contribution in [3.63, 3.8) is 0 Å². The Morgan fingerprint density at radius 2 is 0.911 bits per heavy atom. The highest BCUT2D eigenvalue weighted by atomic mass is 16.2. The van der Waals surface area contributed by atoms with Crippen LogP contribution < -0.4 is 16.0 Å². The first-order valence-electron chi connectivity index (χ1n) is 16.7. The van der Waals surface area contributed by atoms with Crippen LogP contribution in [0.3, 0.4) is 0 Å². The minimum absolute atomic E-state index is 0.00535. The summed E-state index contributed by atoms with van der Waals surface area (Å²) in [5, 5.41) is 9.06. The fourth-order valence-electron chi connectivity index (χ4n) is 4.50. The van der Waals surface area contributed by atoms with Gasteiger partial charge < -0.3 is 16.0 Å². The van der Waals surface area contributed by atoms with E-state index in [-0.39, 0.29) is 62.9 Å². The number of allylic oxidation sites excluding steroid dienone is 3. The van der Waals surface area contributed by atoms with Crippen LogP contribution in [0, 0.1) is 34.5 Å². The van der Waals surface area contributed by atoms with Crippen molar-refractivity contribution in [2.45, 2.75) is 160 Å². The molecule has 0 saturated heterocycles. The van der Waals surface area contributed by atoms with Crippen molar-refractivity contribution in [3.05, 3.63) is 38.0 Å². The molecule has 0 aromatic heterocycles. The number of hydrogen-bond donors (Lipinski definition) is 3. The van der Waals surface area contributed by atoms with E-state index in [1.807, 2.05) is 80.5 Å². The molecule has 0 fully saturated rings. The molecular weight excluding hydrogens is 558 g/mol. The summed E-state index contributed by atoms with van der Waals surface area (Å²) in [4.78, 5) is 35.9. The molecule has 0 rings (SSSR count). The summed E-state index contributed by atoms with van der Waals surface area (Å²) in [7, 11) is 0. The monoisotopic (exact) mass is 634 g/mol. The average Bonchev–Trinajstić information content (AvgIpc) is 2.76. The second kappa shape index (κ2) is 20.0. The molecule has 0 aliphatic heterocycles. The summed E-state index contributed by atoms with van der Waals surface area (Å²) in [6, 6.07) is 0.